The van der Waals surface area contributed by atoms with Gasteiger partial charge in [-0.3, -0.25) is 19.4 Å². The van der Waals surface area contributed by atoms with Crippen LogP contribution >= 0.6 is 0 Å². The van der Waals surface area contributed by atoms with Crippen LogP contribution < -0.4 is 0 Å². The van der Waals surface area contributed by atoms with Crippen molar-refractivity contribution in [2.75, 3.05) is 13.7 Å². The van der Waals surface area contributed by atoms with E-state index in [1.54, 1.807) is 0 Å². The van der Waals surface area contributed by atoms with E-state index in [4.69, 9.17) is 0 Å². The lowest BCUT2D eigenvalue weighted by molar-refractivity contribution is -0.143. The molecular formula is C15H13FN2O5. The third kappa shape index (κ3) is 2.96. The molecule has 2 rings (SSSR count). The minimum Gasteiger partial charge on any atom is -0.465 e. The number of halogens is 1. The number of urea groups is 1. The maximum Gasteiger partial charge on any atom is 0.338 e. The Labute approximate surface area is 130 Å². The summed E-state index contributed by atoms with van der Waals surface area (Å²) in [5, 5.41) is 0. The monoisotopic (exact) mass is 320 g/mol. The Bertz CT molecular complexity index is 716. The van der Waals surface area contributed by atoms with Crippen LogP contribution in [-0.4, -0.2) is 47.3 Å². The fraction of sp³-hybridized carbons (Fsp3) is 0.200. The van der Waals surface area contributed by atoms with E-state index < -0.39 is 29.6 Å². The standard InChI is InChI=1S/C15H13FN2O5/c1-3-6-17-12(19)13(20)18(15(17)22)8-9-4-5-10(16)7-11(9)14(21)23-2/h3-5,7H,1,6,8H2,2H3. The van der Waals surface area contributed by atoms with Crippen LogP contribution in [0.5, 0.6) is 0 Å². The summed E-state index contributed by atoms with van der Waals surface area (Å²) in [7, 11) is 1.12. The second-order valence-electron chi connectivity index (χ2n) is 4.67. The first kappa shape index (κ1) is 16.3. The molecule has 0 atom stereocenters. The lowest BCUT2D eigenvalue weighted by atomic mass is 10.1. The third-order valence-electron chi connectivity index (χ3n) is 3.25. The number of nitrogens with zero attached hydrogens (tertiary/aromatic N) is 2. The molecular weight excluding hydrogens is 307 g/mol. The van der Waals surface area contributed by atoms with E-state index in [2.05, 4.69) is 11.3 Å². The third-order valence-corrected chi connectivity index (χ3v) is 3.25. The lowest BCUT2D eigenvalue weighted by Crippen LogP contribution is -2.33. The normalized spacial score (nSPS) is 14.4. The molecule has 0 aromatic heterocycles. The Balaban J connectivity index is 2.34. The molecule has 4 amide bonds. The zero-order chi connectivity index (χ0) is 17.1. The topological polar surface area (TPSA) is 84.0 Å². The van der Waals surface area contributed by atoms with Gasteiger partial charge in [-0.15, -0.1) is 6.58 Å². The Kier molecular flexibility index (Phi) is 4.54. The molecule has 0 N–H and O–H groups in total. The van der Waals surface area contributed by atoms with Gasteiger partial charge in [-0.25, -0.2) is 14.0 Å². The van der Waals surface area contributed by atoms with E-state index in [0.29, 0.717) is 4.90 Å². The summed E-state index contributed by atoms with van der Waals surface area (Å²) in [5.41, 5.74) is 0.0657. The molecule has 1 fully saturated rings. The van der Waals surface area contributed by atoms with Crippen molar-refractivity contribution in [3.8, 4) is 0 Å². The fourth-order valence-corrected chi connectivity index (χ4v) is 2.14. The maximum absolute atomic E-state index is 13.3. The highest BCUT2D eigenvalue weighted by Gasteiger charge is 2.44. The van der Waals surface area contributed by atoms with Crippen LogP contribution in [0.15, 0.2) is 30.9 Å². The van der Waals surface area contributed by atoms with Crippen molar-refractivity contribution < 1.29 is 28.3 Å². The van der Waals surface area contributed by atoms with Gasteiger partial charge < -0.3 is 4.74 Å². The van der Waals surface area contributed by atoms with Gasteiger partial charge in [-0.05, 0) is 17.7 Å². The summed E-state index contributed by atoms with van der Waals surface area (Å²) in [6.45, 7) is 2.96. The number of methoxy groups -OCH3 is 1. The summed E-state index contributed by atoms with van der Waals surface area (Å²) in [5.74, 6) is -3.47. The molecule has 1 saturated heterocycles. The van der Waals surface area contributed by atoms with Crippen LogP contribution in [0, 0.1) is 5.82 Å². The predicted octanol–water partition coefficient (Wildman–Crippen LogP) is 1.09. The Hall–Kier alpha value is -3.03. The molecule has 8 heteroatoms. The molecule has 1 aromatic carbocycles. The summed E-state index contributed by atoms with van der Waals surface area (Å²) in [4.78, 5) is 48.9. The summed E-state index contributed by atoms with van der Waals surface area (Å²) < 4.78 is 17.9. The largest absolute Gasteiger partial charge is 0.465 e. The van der Waals surface area contributed by atoms with Crippen molar-refractivity contribution in [1.82, 2.24) is 9.80 Å². The molecule has 0 bridgehead atoms. The fourth-order valence-electron chi connectivity index (χ4n) is 2.14. The van der Waals surface area contributed by atoms with Crippen molar-refractivity contribution in [2.45, 2.75) is 6.54 Å². The first-order chi connectivity index (χ1) is 10.9. The molecule has 0 saturated carbocycles. The van der Waals surface area contributed by atoms with Gasteiger partial charge in [-0.1, -0.05) is 12.1 Å². The van der Waals surface area contributed by atoms with Gasteiger partial charge in [0.15, 0.2) is 0 Å². The number of ether oxygens (including phenoxy) is 1. The molecule has 1 aliphatic heterocycles. The van der Waals surface area contributed by atoms with E-state index in [9.17, 15) is 23.6 Å². The number of hydrogen-bond acceptors (Lipinski definition) is 5. The molecule has 1 heterocycles. The summed E-state index contributed by atoms with van der Waals surface area (Å²) in [6, 6.07) is 2.45. The van der Waals surface area contributed by atoms with E-state index >= 15 is 0 Å². The number of rotatable bonds is 5. The van der Waals surface area contributed by atoms with Crippen LogP contribution in [0.25, 0.3) is 0 Å². The molecule has 0 aliphatic carbocycles. The second-order valence-corrected chi connectivity index (χ2v) is 4.67. The zero-order valence-electron chi connectivity index (χ0n) is 12.2. The summed E-state index contributed by atoms with van der Waals surface area (Å²) in [6.07, 6.45) is 1.31. The van der Waals surface area contributed by atoms with Gasteiger partial charge in [0.2, 0.25) is 0 Å². The number of carbonyl (C=O) groups is 4. The van der Waals surface area contributed by atoms with Gasteiger partial charge in [-0.2, -0.15) is 0 Å². The number of carbonyl (C=O) groups excluding carboxylic acids is 4. The summed E-state index contributed by atoms with van der Waals surface area (Å²) >= 11 is 0. The molecule has 1 aromatic rings. The Morgan fingerprint density at radius 2 is 1.91 bits per heavy atom. The van der Waals surface area contributed by atoms with Crippen molar-refractivity contribution in [1.29, 1.82) is 0 Å². The zero-order valence-corrected chi connectivity index (χ0v) is 12.2. The highest BCUT2D eigenvalue weighted by molar-refractivity contribution is 6.44. The van der Waals surface area contributed by atoms with E-state index in [1.807, 2.05) is 0 Å². The molecule has 1 aliphatic rings. The molecule has 0 radical (unpaired) electrons. The Morgan fingerprint density at radius 3 is 2.52 bits per heavy atom. The number of imide groups is 2. The van der Waals surface area contributed by atoms with Crippen LogP contribution in [0.1, 0.15) is 15.9 Å². The SMILES string of the molecule is C=CCN1C(=O)C(=O)N(Cc2ccc(F)cc2C(=O)OC)C1=O. The number of amides is 4. The smallest absolute Gasteiger partial charge is 0.338 e. The predicted molar refractivity (Wildman–Crippen MR) is 75.6 cm³/mol. The second kappa shape index (κ2) is 6.39. The van der Waals surface area contributed by atoms with E-state index in [-0.39, 0.29) is 24.2 Å². The first-order valence-electron chi connectivity index (χ1n) is 6.55. The van der Waals surface area contributed by atoms with Gasteiger partial charge >= 0.3 is 23.8 Å². The van der Waals surface area contributed by atoms with Crippen molar-refractivity contribution in [3.63, 3.8) is 0 Å². The quantitative estimate of drug-likeness (QED) is 0.351. The average molecular weight is 320 g/mol. The van der Waals surface area contributed by atoms with Gasteiger partial charge in [0.25, 0.3) is 0 Å². The van der Waals surface area contributed by atoms with Gasteiger partial charge in [0.1, 0.15) is 5.82 Å². The number of benzene rings is 1. The molecule has 120 valence electrons. The van der Waals surface area contributed by atoms with E-state index in [1.165, 1.54) is 12.1 Å². The van der Waals surface area contributed by atoms with Crippen LogP contribution in [0.4, 0.5) is 9.18 Å². The maximum atomic E-state index is 13.3. The van der Waals surface area contributed by atoms with Crippen LogP contribution in [-0.2, 0) is 20.9 Å². The highest BCUT2D eigenvalue weighted by Crippen LogP contribution is 2.20. The van der Waals surface area contributed by atoms with Gasteiger partial charge in [0.05, 0.1) is 19.2 Å². The number of esters is 1. The Morgan fingerprint density at radius 1 is 1.26 bits per heavy atom. The average Bonchev–Trinajstić information content (AvgIpc) is 2.73. The molecule has 7 nitrogen and oxygen atoms in total. The minimum absolute atomic E-state index is 0.104. The van der Waals surface area contributed by atoms with Gasteiger partial charge in [0, 0.05) is 6.54 Å². The van der Waals surface area contributed by atoms with Crippen LogP contribution in [0.3, 0.4) is 0 Å². The molecule has 0 unspecified atom stereocenters. The number of hydrogen-bond donors (Lipinski definition) is 0. The van der Waals surface area contributed by atoms with Crippen molar-refractivity contribution in [2.24, 2.45) is 0 Å². The first-order valence-corrected chi connectivity index (χ1v) is 6.55. The lowest BCUT2D eigenvalue weighted by Gasteiger charge is -2.16. The van der Waals surface area contributed by atoms with Crippen molar-refractivity contribution >= 4 is 23.8 Å². The molecule has 23 heavy (non-hydrogen) atoms. The molecule has 0 spiro atoms. The van der Waals surface area contributed by atoms with Crippen LogP contribution in [0.2, 0.25) is 0 Å². The van der Waals surface area contributed by atoms with Crippen molar-refractivity contribution in [3.05, 3.63) is 47.8 Å². The van der Waals surface area contributed by atoms with E-state index in [0.717, 1.165) is 24.1 Å². The highest BCUT2D eigenvalue weighted by atomic mass is 19.1. The minimum atomic E-state index is -1.02.